The first kappa shape index (κ1) is 15.5. The second-order valence-corrected chi connectivity index (χ2v) is 4.79. The van der Waals surface area contributed by atoms with Gasteiger partial charge in [0.05, 0.1) is 5.69 Å². The van der Waals surface area contributed by atoms with Crippen LogP contribution >= 0.6 is 23.2 Å². The van der Waals surface area contributed by atoms with Crippen LogP contribution in [-0.2, 0) is 4.79 Å². The highest BCUT2D eigenvalue weighted by atomic mass is 35.5. The number of rotatable bonds is 1. The lowest BCUT2D eigenvalue weighted by molar-refractivity contribution is -0.130. The van der Waals surface area contributed by atoms with Crippen molar-refractivity contribution in [2.45, 2.75) is 6.92 Å². The van der Waals surface area contributed by atoms with E-state index in [0.717, 1.165) is 0 Å². The number of carboxylic acids is 1. The number of benzene rings is 1. The van der Waals surface area contributed by atoms with Crippen LogP contribution in [0.5, 0.6) is 0 Å². The summed E-state index contributed by atoms with van der Waals surface area (Å²) in [5.41, 5.74) is 0.516. The van der Waals surface area contributed by atoms with Gasteiger partial charge in [-0.3, -0.25) is 0 Å². The SMILES string of the molecule is CC(/N=C(/C(=O)O)N(C)C)=N\c1cc(Cl)cc(Cl)c1. The first-order valence-electron chi connectivity index (χ1n) is 5.30. The standard InChI is InChI=1S/C12H13Cl2N3O2/c1-7(16-11(12(18)19)17(2)3)15-10-5-8(13)4-9(14)6-10/h4-6H,1-3H3,(H,18,19)/b15-7+,16-11-. The maximum absolute atomic E-state index is 11.0. The number of carboxylic acid groups (broad SMARTS) is 1. The van der Waals surface area contributed by atoms with Crippen LogP contribution in [0.2, 0.25) is 10.0 Å². The van der Waals surface area contributed by atoms with E-state index in [9.17, 15) is 4.79 Å². The Labute approximate surface area is 121 Å². The molecule has 0 bridgehead atoms. The fourth-order valence-electron chi connectivity index (χ4n) is 1.31. The first-order valence-corrected chi connectivity index (χ1v) is 6.06. The normalized spacial score (nSPS) is 12.5. The van der Waals surface area contributed by atoms with Crippen molar-refractivity contribution >= 4 is 46.5 Å². The lowest BCUT2D eigenvalue weighted by atomic mass is 10.3. The average Bonchev–Trinajstić information content (AvgIpc) is 2.23. The molecule has 0 aliphatic rings. The highest BCUT2D eigenvalue weighted by Crippen LogP contribution is 2.24. The number of aliphatic imine (C=N–C) groups is 2. The lowest BCUT2D eigenvalue weighted by Gasteiger charge is -2.10. The minimum absolute atomic E-state index is 0.102. The van der Waals surface area contributed by atoms with Crippen molar-refractivity contribution < 1.29 is 9.90 Å². The molecular weight excluding hydrogens is 289 g/mol. The summed E-state index contributed by atoms with van der Waals surface area (Å²) in [6, 6.07) is 4.81. The second kappa shape index (κ2) is 6.54. The van der Waals surface area contributed by atoms with E-state index in [2.05, 4.69) is 9.98 Å². The molecular formula is C12H13Cl2N3O2. The van der Waals surface area contributed by atoms with Gasteiger partial charge in [0, 0.05) is 24.1 Å². The summed E-state index contributed by atoms with van der Waals surface area (Å²) in [4.78, 5) is 20.5. The van der Waals surface area contributed by atoms with Gasteiger partial charge in [-0.15, -0.1) is 0 Å². The monoisotopic (exact) mass is 301 g/mol. The van der Waals surface area contributed by atoms with E-state index in [1.807, 2.05) is 0 Å². The van der Waals surface area contributed by atoms with E-state index in [-0.39, 0.29) is 5.84 Å². The molecule has 1 rings (SSSR count). The van der Waals surface area contributed by atoms with E-state index >= 15 is 0 Å². The third kappa shape index (κ3) is 4.89. The maximum atomic E-state index is 11.0. The molecule has 102 valence electrons. The Morgan fingerprint density at radius 2 is 1.74 bits per heavy atom. The van der Waals surface area contributed by atoms with Crippen molar-refractivity contribution in [3.05, 3.63) is 28.2 Å². The summed E-state index contributed by atoms with van der Waals surface area (Å²) in [5.74, 6) is -0.928. The summed E-state index contributed by atoms with van der Waals surface area (Å²) < 4.78 is 0. The molecule has 0 saturated carbocycles. The van der Waals surface area contributed by atoms with Gasteiger partial charge >= 0.3 is 5.97 Å². The zero-order valence-corrected chi connectivity index (χ0v) is 12.2. The van der Waals surface area contributed by atoms with Crippen molar-refractivity contribution in [3.63, 3.8) is 0 Å². The summed E-state index contributed by atoms with van der Waals surface area (Å²) in [6.07, 6.45) is 0. The van der Waals surface area contributed by atoms with Crippen molar-refractivity contribution in [1.82, 2.24) is 4.90 Å². The molecule has 0 aromatic heterocycles. The summed E-state index contributed by atoms with van der Waals surface area (Å²) >= 11 is 11.7. The molecule has 0 saturated heterocycles. The summed E-state index contributed by atoms with van der Waals surface area (Å²) in [6.45, 7) is 1.60. The molecule has 0 heterocycles. The number of aliphatic carboxylic acids is 1. The molecule has 1 N–H and O–H groups in total. The highest BCUT2D eigenvalue weighted by Gasteiger charge is 2.11. The molecule has 1 aromatic rings. The van der Waals surface area contributed by atoms with Crippen LogP contribution in [0.25, 0.3) is 0 Å². The molecule has 0 fully saturated rings. The number of likely N-dealkylation sites (N-methyl/N-ethyl adjacent to an activating group) is 1. The van der Waals surface area contributed by atoms with Gasteiger partial charge in [-0.05, 0) is 25.1 Å². The number of nitrogens with zero attached hydrogens (tertiary/aromatic N) is 3. The number of hydrogen-bond donors (Lipinski definition) is 1. The van der Waals surface area contributed by atoms with E-state index in [4.69, 9.17) is 28.3 Å². The fourth-order valence-corrected chi connectivity index (χ4v) is 1.82. The van der Waals surface area contributed by atoms with Gasteiger partial charge in [0.2, 0.25) is 5.84 Å². The molecule has 0 radical (unpaired) electrons. The van der Waals surface area contributed by atoms with Crippen molar-refractivity contribution in [1.29, 1.82) is 0 Å². The number of amidine groups is 2. The number of carbonyl (C=O) groups is 1. The van der Waals surface area contributed by atoms with Crippen LogP contribution in [0, 0.1) is 0 Å². The van der Waals surface area contributed by atoms with E-state index in [0.29, 0.717) is 21.6 Å². The minimum atomic E-state index is -1.12. The van der Waals surface area contributed by atoms with Crippen LogP contribution in [0.4, 0.5) is 5.69 Å². The molecule has 0 spiro atoms. The molecule has 0 atom stereocenters. The molecule has 0 amide bonds. The molecule has 7 heteroatoms. The first-order chi connectivity index (χ1) is 8.79. The Bertz CT molecular complexity index is 534. The molecule has 1 aromatic carbocycles. The largest absolute Gasteiger partial charge is 0.475 e. The van der Waals surface area contributed by atoms with Crippen LogP contribution in [0.15, 0.2) is 28.2 Å². The predicted molar refractivity (Wildman–Crippen MR) is 78.0 cm³/mol. The highest BCUT2D eigenvalue weighted by molar-refractivity contribution is 6.36. The number of halogens is 2. The van der Waals surface area contributed by atoms with Crippen molar-refractivity contribution in [3.8, 4) is 0 Å². The third-order valence-corrected chi connectivity index (χ3v) is 2.46. The zero-order chi connectivity index (χ0) is 14.6. The molecule has 0 unspecified atom stereocenters. The predicted octanol–water partition coefficient (Wildman–Crippen LogP) is 3.09. The summed E-state index contributed by atoms with van der Waals surface area (Å²) in [5, 5.41) is 9.88. The Morgan fingerprint density at radius 1 is 1.21 bits per heavy atom. The van der Waals surface area contributed by atoms with Gasteiger partial charge in [-0.2, -0.15) is 0 Å². The maximum Gasteiger partial charge on any atom is 0.371 e. The molecule has 0 aliphatic carbocycles. The zero-order valence-electron chi connectivity index (χ0n) is 10.7. The van der Waals surface area contributed by atoms with Gasteiger partial charge in [0.15, 0.2) is 0 Å². The van der Waals surface area contributed by atoms with Gasteiger partial charge in [0.25, 0.3) is 0 Å². The van der Waals surface area contributed by atoms with E-state index in [1.54, 1.807) is 39.2 Å². The topological polar surface area (TPSA) is 65.3 Å². The van der Waals surface area contributed by atoms with Crippen LogP contribution in [-0.4, -0.2) is 41.7 Å². The summed E-state index contributed by atoms with van der Waals surface area (Å²) in [7, 11) is 3.19. The van der Waals surface area contributed by atoms with E-state index in [1.165, 1.54) is 4.90 Å². The quantitative estimate of drug-likeness (QED) is 0.640. The Morgan fingerprint density at radius 3 is 2.16 bits per heavy atom. The Balaban J connectivity index is 3.11. The Kier molecular flexibility index (Phi) is 5.32. The van der Waals surface area contributed by atoms with Crippen molar-refractivity contribution in [2.24, 2.45) is 9.98 Å². The van der Waals surface area contributed by atoms with Crippen LogP contribution in [0.3, 0.4) is 0 Å². The second-order valence-electron chi connectivity index (χ2n) is 3.92. The van der Waals surface area contributed by atoms with Crippen LogP contribution < -0.4 is 0 Å². The minimum Gasteiger partial charge on any atom is -0.475 e. The molecule has 0 aliphatic heterocycles. The molecule has 19 heavy (non-hydrogen) atoms. The van der Waals surface area contributed by atoms with Gasteiger partial charge < -0.3 is 10.0 Å². The Hall–Kier alpha value is -1.59. The third-order valence-electron chi connectivity index (χ3n) is 2.02. The molecule has 5 nitrogen and oxygen atoms in total. The smallest absolute Gasteiger partial charge is 0.371 e. The van der Waals surface area contributed by atoms with Crippen LogP contribution in [0.1, 0.15) is 6.92 Å². The van der Waals surface area contributed by atoms with Gasteiger partial charge in [-0.1, -0.05) is 23.2 Å². The van der Waals surface area contributed by atoms with E-state index < -0.39 is 5.97 Å². The average molecular weight is 302 g/mol. The van der Waals surface area contributed by atoms with Gasteiger partial charge in [-0.25, -0.2) is 14.8 Å². The number of hydrogen-bond acceptors (Lipinski definition) is 2. The lowest BCUT2D eigenvalue weighted by Crippen LogP contribution is -2.30. The van der Waals surface area contributed by atoms with Gasteiger partial charge in [0.1, 0.15) is 5.84 Å². The fraction of sp³-hybridized carbons (Fsp3) is 0.250. The van der Waals surface area contributed by atoms with Crippen molar-refractivity contribution in [2.75, 3.05) is 14.1 Å².